The quantitative estimate of drug-likeness (QED) is 0.635. The van der Waals surface area contributed by atoms with Crippen LogP contribution in [0, 0.1) is 0 Å². The summed E-state index contributed by atoms with van der Waals surface area (Å²) in [6, 6.07) is 0.0500. The molecule has 1 aliphatic rings. The molecule has 2 unspecified atom stereocenters. The third kappa shape index (κ3) is 6.54. The van der Waals surface area contributed by atoms with Gasteiger partial charge in [0, 0.05) is 19.1 Å². The number of hydrogen-bond acceptors (Lipinski definition) is 5. The third-order valence-electron chi connectivity index (χ3n) is 3.28. The number of carbonyl (C=O) groups is 1. The van der Waals surface area contributed by atoms with Gasteiger partial charge in [0.25, 0.3) is 0 Å². The van der Waals surface area contributed by atoms with Crippen molar-refractivity contribution in [2.24, 2.45) is 5.73 Å². The molecule has 6 nitrogen and oxygen atoms in total. The van der Waals surface area contributed by atoms with Gasteiger partial charge in [-0.15, -0.1) is 0 Å². The van der Waals surface area contributed by atoms with Gasteiger partial charge in [0.05, 0.1) is 0 Å². The standard InChI is InChI=1S/C14H29N3O3/c1-14(2,3)20-13(19)16-11-7-9-17(10-11)12(18)6-4-5-8-15/h11-12,18H,4-10,15H2,1-3H3,(H,16,19). The summed E-state index contributed by atoms with van der Waals surface area (Å²) in [6.45, 7) is 7.65. The predicted molar refractivity (Wildman–Crippen MR) is 78.3 cm³/mol. The van der Waals surface area contributed by atoms with Crippen LogP contribution in [0.1, 0.15) is 46.5 Å². The molecule has 0 spiro atoms. The number of ether oxygens (including phenoxy) is 1. The van der Waals surface area contributed by atoms with Gasteiger partial charge >= 0.3 is 6.09 Å². The highest BCUT2D eigenvalue weighted by molar-refractivity contribution is 5.68. The fourth-order valence-electron chi connectivity index (χ4n) is 2.30. The van der Waals surface area contributed by atoms with Crippen LogP contribution in [-0.2, 0) is 4.74 Å². The summed E-state index contributed by atoms with van der Waals surface area (Å²) < 4.78 is 5.23. The molecule has 0 saturated carbocycles. The van der Waals surface area contributed by atoms with Crippen molar-refractivity contribution in [3.05, 3.63) is 0 Å². The Labute approximate surface area is 121 Å². The zero-order valence-electron chi connectivity index (χ0n) is 12.9. The molecular weight excluding hydrogens is 258 g/mol. The van der Waals surface area contributed by atoms with Crippen molar-refractivity contribution in [3.8, 4) is 0 Å². The Morgan fingerprint density at radius 2 is 2.20 bits per heavy atom. The number of hydrogen-bond donors (Lipinski definition) is 3. The summed E-state index contributed by atoms with van der Waals surface area (Å²) in [5.74, 6) is 0. The molecule has 1 aliphatic heterocycles. The van der Waals surface area contributed by atoms with Crippen LogP contribution < -0.4 is 11.1 Å². The van der Waals surface area contributed by atoms with Gasteiger partial charge < -0.3 is 20.9 Å². The van der Waals surface area contributed by atoms with Gasteiger partial charge in [-0.25, -0.2) is 4.79 Å². The Kier molecular flexibility index (Phi) is 6.71. The fraction of sp³-hybridized carbons (Fsp3) is 0.929. The van der Waals surface area contributed by atoms with E-state index < -0.39 is 11.8 Å². The zero-order valence-corrected chi connectivity index (χ0v) is 12.9. The molecule has 0 bridgehead atoms. The minimum atomic E-state index is -0.482. The minimum absolute atomic E-state index is 0.0500. The Morgan fingerprint density at radius 1 is 1.50 bits per heavy atom. The van der Waals surface area contributed by atoms with Gasteiger partial charge in [0.1, 0.15) is 11.8 Å². The van der Waals surface area contributed by atoms with Crippen LogP contribution in [0.3, 0.4) is 0 Å². The molecule has 1 heterocycles. The first kappa shape index (κ1) is 17.2. The van der Waals surface area contributed by atoms with E-state index in [4.69, 9.17) is 10.5 Å². The number of carbonyl (C=O) groups excluding carboxylic acids is 1. The number of likely N-dealkylation sites (tertiary alicyclic amines) is 1. The number of rotatable bonds is 6. The first-order valence-corrected chi connectivity index (χ1v) is 7.43. The third-order valence-corrected chi connectivity index (χ3v) is 3.28. The van der Waals surface area contributed by atoms with E-state index in [0.717, 1.165) is 32.2 Å². The molecule has 0 aromatic rings. The maximum absolute atomic E-state index is 11.7. The monoisotopic (exact) mass is 287 g/mol. The Hall–Kier alpha value is -0.850. The molecule has 0 aromatic heterocycles. The second-order valence-corrected chi connectivity index (χ2v) is 6.39. The van der Waals surface area contributed by atoms with Gasteiger partial charge in [-0.1, -0.05) is 0 Å². The summed E-state index contributed by atoms with van der Waals surface area (Å²) in [6.07, 6.45) is 2.61. The Morgan fingerprint density at radius 3 is 2.80 bits per heavy atom. The van der Waals surface area contributed by atoms with E-state index in [1.807, 2.05) is 25.7 Å². The first-order chi connectivity index (χ1) is 9.31. The lowest BCUT2D eigenvalue weighted by molar-refractivity contribution is 0.00998. The lowest BCUT2D eigenvalue weighted by Crippen LogP contribution is -2.42. The molecule has 1 fully saturated rings. The van der Waals surface area contributed by atoms with Crippen LogP contribution in [0.2, 0.25) is 0 Å². The van der Waals surface area contributed by atoms with Crippen LogP contribution >= 0.6 is 0 Å². The average Bonchev–Trinajstić information content (AvgIpc) is 2.75. The summed E-state index contributed by atoms with van der Waals surface area (Å²) in [5.41, 5.74) is 4.96. The van der Waals surface area contributed by atoms with E-state index in [0.29, 0.717) is 13.1 Å². The highest BCUT2D eigenvalue weighted by atomic mass is 16.6. The molecule has 4 N–H and O–H groups in total. The molecule has 0 aromatic carbocycles. The topological polar surface area (TPSA) is 87.8 Å². The SMILES string of the molecule is CC(C)(C)OC(=O)NC1CCN(C(O)CCCCN)C1. The number of nitrogens with two attached hydrogens (primary N) is 1. The summed E-state index contributed by atoms with van der Waals surface area (Å²) in [7, 11) is 0. The van der Waals surface area contributed by atoms with E-state index in [9.17, 15) is 9.90 Å². The van der Waals surface area contributed by atoms with Crippen molar-refractivity contribution in [2.75, 3.05) is 19.6 Å². The molecule has 1 rings (SSSR count). The molecule has 6 heteroatoms. The molecule has 20 heavy (non-hydrogen) atoms. The Balaban J connectivity index is 2.27. The number of nitrogens with zero attached hydrogens (tertiary/aromatic N) is 1. The van der Waals surface area contributed by atoms with Gasteiger partial charge in [-0.2, -0.15) is 0 Å². The van der Waals surface area contributed by atoms with Crippen LogP contribution in [-0.4, -0.2) is 53.6 Å². The zero-order chi connectivity index (χ0) is 15.2. The van der Waals surface area contributed by atoms with E-state index >= 15 is 0 Å². The van der Waals surface area contributed by atoms with Gasteiger partial charge in [0.15, 0.2) is 0 Å². The number of aliphatic hydroxyl groups is 1. The van der Waals surface area contributed by atoms with Crippen LogP contribution in [0.4, 0.5) is 4.79 Å². The second-order valence-electron chi connectivity index (χ2n) is 6.39. The van der Waals surface area contributed by atoms with E-state index in [-0.39, 0.29) is 12.1 Å². The highest BCUT2D eigenvalue weighted by Crippen LogP contribution is 2.16. The van der Waals surface area contributed by atoms with Crippen LogP contribution in [0.5, 0.6) is 0 Å². The fourth-order valence-corrected chi connectivity index (χ4v) is 2.30. The maximum Gasteiger partial charge on any atom is 0.407 e. The van der Waals surface area contributed by atoms with Crippen molar-refractivity contribution in [1.82, 2.24) is 10.2 Å². The number of nitrogens with one attached hydrogen (secondary N) is 1. The lowest BCUT2D eigenvalue weighted by atomic mass is 10.2. The van der Waals surface area contributed by atoms with E-state index in [2.05, 4.69) is 5.32 Å². The maximum atomic E-state index is 11.7. The molecular formula is C14H29N3O3. The predicted octanol–water partition coefficient (Wildman–Crippen LogP) is 1.03. The highest BCUT2D eigenvalue weighted by Gasteiger charge is 2.29. The Bertz CT molecular complexity index is 305. The van der Waals surface area contributed by atoms with Crippen molar-refractivity contribution in [1.29, 1.82) is 0 Å². The largest absolute Gasteiger partial charge is 0.444 e. The minimum Gasteiger partial charge on any atom is -0.444 e. The lowest BCUT2D eigenvalue weighted by Gasteiger charge is -2.24. The molecule has 1 saturated heterocycles. The normalized spacial score (nSPS) is 21.8. The van der Waals surface area contributed by atoms with Gasteiger partial charge in [-0.05, 0) is 53.0 Å². The first-order valence-electron chi connectivity index (χ1n) is 7.43. The van der Waals surface area contributed by atoms with Crippen molar-refractivity contribution in [3.63, 3.8) is 0 Å². The van der Waals surface area contributed by atoms with E-state index in [1.54, 1.807) is 0 Å². The summed E-state index contributed by atoms with van der Waals surface area (Å²) in [4.78, 5) is 13.7. The summed E-state index contributed by atoms with van der Waals surface area (Å²) in [5, 5.41) is 12.9. The van der Waals surface area contributed by atoms with Crippen molar-refractivity contribution >= 4 is 6.09 Å². The molecule has 1 amide bonds. The van der Waals surface area contributed by atoms with E-state index in [1.165, 1.54) is 0 Å². The van der Waals surface area contributed by atoms with Crippen molar-refractivity contribution < 1.29 is 14.6 Å². The smallest absolute Gasteiger partial charge is 0.407 e. The molecule has 0 aliphatic carbocycles. The molecule has 2 atom stereocenters. The number of aliphatic hydroxyl groups excluding tert-OH is 1. The van der Waals surface area contributed by atoms with Crippen LogP contribution in [0.15, 0.2) is 0 Å². The average molecular weight is 287 g/mol. The second kappa shape index (κ2) is 7.81. The van der Waals surface area contributed by atoms with Crippen LogP contribution in [0.25, 0.3) is 0 Å². The van der Waals surface area contributed by atoms with Gasteiger partial charge in [-0.3, -0.25) is 4.90 Å². The molecule has 118 valence electrons. The summed E-state index contributed by atoms with van der Waals surface area (Å²) >= 11 is 0. The number of unbranched alkanes of at least 4 members (excludes halogenated alkanes) is 1. The van der Waals surface area contributed by atoms with Crippen molar-refractivity contribution in [2.45, 2.75) is 64.3 Å². The van der Waals surface area contributed by atoms with Gasteiger partial charge in [0.2, 0.25) is 0 Å². The number of amides is 1. The number of alkyl carbamates (subject to hydrolysis) is 1. The molecule has 0 radical (unpaired) electrons.